The first-order valence-electron chi connectivity index (χ1n) is 5.25. The molecule has 1 nitrogen and oxygen atoms in total. The Morgan fingerprint density at radius 3 is 2.42 bits per heavy atom. The molecular weight excluding hydrogens is 146 g/mol. The van der Waals surface area contributed by atoms with Gasteiger partial charge in [-0.25, -0.2) is 0 Å². The molecule has 0 N–H and O–H groups in total. The minimum atomic E-state index is 0.704. The Balaban J connectivity index is 2.40. The quantitative estimate of drug-likeness (QED) is 0.584. The minimum absolute atomic E-state index is 0.704. The highest BCUT2D eigenvalue weighted by molar-refractivity contribution is 4.92. The molecule has 0 aliphatic carbocycles. The monoisotopic (exact) mass is 167 g/mol. The van der Waals surface area contributed by atoms with Gasteiger partial charge in [-0.1, -0.05) is 25.5 Å². The van der Waals surface area contributed by atoms with Crippen LogP contribution in [-0.2, 0) is 0 Å². The summed E-state index contributed by atoms with van der Waals surface area (Å²) in [6.45, 7) is 7.01. The van der Waals surface area contributed by atoms with Gasteiger partial charge in [-0.15, -0.1) is 0 Å². The van der Waals surface area contributed by atoms with E-state index >= 15 is 0 Å². The van der Waals surface area contributed by atoms with E-state index in [4.69, 9.17) is 0 Å². The number of allylic oxidation sites excluding steroid dienone is 1. The molecular formula is C11H21N. The molecule has 0 bridgehead atoms. The molecule has 0 saturated carbocycles. The molecule has 0 spiro atoms. The maximum atomic E-state index is 2.61. The van der Waals surface area contributed by atoms with E-state index in [1.807, 2.05) is 0 Å². The summed E-state index contributed by atoms with van der Waals surface area (Å²) in [7, 11) is 0. The van der Waals surface area contributed by atoms with Gasteiger partial charge >= 0.3 is 0 Å². The third-order valence-electron chi connectivity index (χ3n) is 2.69. The maximum Gasteiger partial charge on any atom is 0.0275 e. The van der Waals surface area contributed by atoms with Crippen molar-refractivity contribution in [2.45, 2.75) is 45.6 Å². The van der Waals surface area contributed by atoms with E-state index in [1.165, 1.54) is 38.8 Å². The van der Waals surface area contributed by atoms with Crippen molar-refractivity contribution in [2.24, 2.45) is 0 Å². The van der Waals surface area contributed by atoms with Gasteiger partial charge in [0.25, 0.3) is 0 Å². The standard InChI is InChI=1S/C11H21N/c1-3-8-11(4-2)12-9-6-5-7-10-12/h3,8,11H,4-7,9-10H2,1-2H3/b8-3+. The highest BCUT2D eigenvalue weighted by Gasteiger charge is 2.15. The van der Waals surface area contributed by atoms with Crippen LogP contribution in [0.1, 0.15) is 39.5 Å². The molecule has 1 fully saturated rings. The minimum Gasteiger partial charge on any atom is -0.297 e. The summed E-state index contributed by atoms with van der Waals surface area (Å²) in [5.41, 5.74) is 0. The first kappa shape index (κ1) is 9.79. The van der Waals surface area contributed by atoms with Crippen molar-refractivity contribution in [1.29, 1.82) is 0 Å². The van der Waals surface area contributed by atoms with Crippen molar-refractivity contribution in [1.82, 2.24) is 4.90 Å². The van der Waals surface area contributed by atoms with E-state index in [9.17, 15) is 0 Å². The zero-order chi connectivity index (χ0) is 8.81. The van der Waals surface area contributed by atoms with Crippen LogP contribution in [0.25, 0.3) is 0 Å². The smallest absolute Gasteiger partial charge is 0.0275 e. The maximum absolute atomic E-state index is 2.61. The lowest BCUT2D eigenvalue weighted by Crippen LogP contribution is -2.37. The van der Waals surface area contributed by atoms with Gasteiger partial charge in [-0.2, -0.15) is 0 Å². The number of piperidine rings is 1. The number of hydrogen-bond acceptors (Lipinski definition) is 1. The van der Waals surface area contributed by atoms with Gasteiger partial charge in [0.1, 0.15) is 0 Å². The van der Waals surface area contributed by atoms with Crippen LogP contribution < -0.4 is 0 Å². The predicted octanol–water partition coefficient (Wildman–Crippen LogP) is 2.83. The topological polar surface area (TPSA) is 3.24 Å². The first-order chi connectivity index (χ1) is 5.88. The molecule has 1 rings (SSSR count). The van der Waals surface area contributed by atoms with Crippen molar-refractivity contribution in [2.75, 3.05) is 13.1 Å². The predicted molar refractivity (Wildman–Crippen MR) is 54.3 cm³/mol. The third-order valence-corrected chi connectivity index (χ3v) is 2.69. The Labute approximate surface area is 76.5 Å². The van der Waals surface area contributed by atoms with Crippen molar-refractivity contribution in [3.8, 4) is 0 Å². The van der Waals surface area contributed by atoms with Crippen LogP contribution >= 0.6 is 0 Å². The Kier molecular flexibility index (Phi) is 4.37. The second-order valence-electron chi connectivity index (χ2n) is 3.60. The molecule has 1 aliphatic heterocycles. The van der Waals surface area contributed by atoms with Gasteiger partial charge in [0, 0.05) is 6.04 Å². The fraction of sp³-hybridized carbons (Fsp3) is 0.818. The van der Waals surface area contributed by atoms with Gasteiger partial charge in [0.15, 0.2) is 0 Å². The second-order valence-corrected chi connectivity index (χ2v) is 3.60. The highest BCUT2D eigenvalue weighted by atomic mass is 15.1. The van der Waals surface area contributed by atoms with Crippen molar-refractivity contribution >= 4 is 0 Å². The van der Waals surface area contributed by atoms with Gasteiger partial charge in [-0.05, 0) is 39.3 Å². The fourth-order valence-corrected chi connectivity index (χ4v) is 1.99. The SMILES string of the molecule is C/C=C/C(CC)N1CCCCC1. The van der Waals surface area contributed by atoms with E-state index in [2.05, 4.69) is 30.9 Å². The van der Waals surface area contributed by atoms with E-state index in [-0.39, 0.29) is 0 Å². The Hall–Kier alpha value is -0.300. The largest absolute Gasteiger partial charge is 0.297 e. The number of rotatable bonds is 3. The van der Waals surface area contributed by atoms with Crippen LogP contribution in [0.4, 0.5) is 0 Å². The average molecular weight is 167 g/mol. The summed E-state index contributed by atoms with van der Waals surface area (Å²) >= 11 is 0. The van der Waals surface area contributed by atoms with E-state index in [0.29, 0.717) is 6.04 Å². The van der Waals surface area contributed by atoms with Gasteiger partial charge in [0.05, 0.1) is 0 Å². The highest BCUT2D eigenvalue weighted by Crippen LogP contribution is 2.14. The second kappa shape index (κ2) is 5.36. The molecule has 0 amide bonds. The molecule has 1 atom stereocenters. The first-order valence-corrected chi connectivity index (χ1v) is 5.25. The Morgan fingerprint density at radius 1 is 1.25 bits per heavy atom. The molecule has 1 unspecified atom stereocenters. The van der Waals surface area contributed by atoms with Gasteiger partial charge in [0.2, 0.25) is 0 Å². The van der Waals surface area contributed by atoms with Crippen LogP contribution in [0.5, 0.6) is 0 Å². The molecule has 1 heterocycles. The fourth-order valence-electron chi connectivity index (χ4n) is 1.99. The number of hydrogen-bond donors (Lipinski definition) is 0. The molecule has 1 saturated heterocycles. The van der Waals surface area contributed by atoms with E-state index < -0.39 is 0 Å². The molecule has 1 aliphatic rings. The van der Waals surface area contributed by atoms with Crippen molar-refractivity contribution in [3.63, 3.8) is 0 Å². The summed E-state index contributed by atoms with van der Waals surface area (Å²) in [5.74, 6) is 0. The molecule has 0 aromatic rings. The van der Waals surface area contributed by atoms with Gasteiger partial charge < -0.3 is 0 Å². The lowest BCUT2D eigenvalue weighted by molar-refractivity contribution is 0.187. The van der Waals surface area contributed by atoms with Gasteiger partial charge in [-0.3, -0.25) is 4.90 Å². The van der Waals surface area contributed by atoms with Crippen LogP contribution in [0.15, 0.2) is 12.2 Å². The van der Waals surface area contributed by atoms with Crippen molar-refractivity contribution < 1.29 is 0 Å². The van der Waals surface area contributed by atoms with Crippen LogP contribution in [0, 0.1) is 0 Å². The summed E-state index contributed by atoms with van der Waals surface area (Å²) in [5, 5.41) is 0. The Bertz CT molecular complexity index is 134. The molecule has 12 heavy (non-hydrogen) atoms. The van der Waals surface area contributed by atoms with Crippen LogP contribution in [0.2, 0.25) is 0 Å². The number of nitrogens with zero attached hydrogens (tertiary/aromatic N) is 1. The molecule has 1 heteroatoms. The summed E-state index contributed by atoms with van der Waals surface area (Å²) in [6, 6.07) is 0.704. The summed E-state index contributed by atoms with van der Waals surface area (Å²) in [6.07, 6.45) is 10.0. The van der Waals surface area contributed by atoms with Crippen molar-refractivity contribution in [3.05, 3.63) is 12.2 Å². The summed E-state index contributed by atoms with van der Waals surface area (Å²) in [4.78, 5) is 2.61. The zero-order valence-electron chi connectivity index (χ0n) is 8.42. The number of likely N-dealkylation sites (tertiary alicyclic amines) is 1. The summed E-state index contributed by atoms with van der Waals surface area (Å²) < 4.78 is 0. The van der Waals surface area contributed by atoms with Crippen LogP contribution in [-0.4, -0.2) is 24.0 Å². The van der Waals surface area contributed by atoms with E-state index in [1.54, 1.807) is 0 Å². The van der Waals surface area contributed by atoms with Crippen LogP contribution in [0.3, 0.4) is 0 Å². The lowest BCUT2D eigenvalue weighted by atomic mass is 10.1. The molecule has 70 valence electrons. The third kappa shape index (κ3) is 2.63. The average Bonchev–Trinajstić information content (AvgIpc) is 2.15. The zero-order valence-corrected chi connectivity index (χ0v) is 8.42. The van der Waals surface area contributed by atoms with E-state index in [0.717, 1.165) is 0 Å². The molecule has 0 radical (unpaired) electrons. The normalized spacial score (nSPS) is 23.2. The molecule has 0 aromatic carbocycles. The Morgan fingerprint density at radius 2 is 1.92 bits per heavy atom. The molecule has 0 aromatic heterocycles. The lowest BCUT2D eigenvalue weighted by Gasteiger charge is -2.32.